The maximum atomic E-state index is 13.4. The van der Waals surface area contributed by atoms with Crippen LogP contribution in [0.2, 0.25) is 0 Å². The fourth-order valence-electron chi connectivity index (χ4n) is 1.68. The van der Waals surface area contributed by atoms with Crippen molar-refractivity contribution in [2.75, 3.05) is 0 Å². The van der Waals surface area contributed by atoms with E-state index in [4.69, 9.17) is 4.74 Å². The zero-order chi connectivity index (χ0) is 14.7. The van der Waals surface area contributed by atoms with Gasteiger partial charge < -0.3 is 9.84 Å². The minimum atomic E-state index is -0.398. The number of rotatable bonds is 4. The second-order valence-corrected chi connectivity index (χ2v) is 5.58. The van der Waals surface area contributed by atoms with Gasteiger partial charge in [0.1, 0.15) is 11.6 Å². The van der Waals surface area contributed by atoms with Gasteiger partial charge in [-0.25, -0.2) is 9.37 Å². The summed E-state index contributed by atoms with van der Waals surface area (Å²) in [5.41, 5.74) is 1.54. The minimum Gasteiger partial charge on any atom is -0.439 e. The Morgan fingerprint density at radius 2 is 2.05 bits per heavy atom. The molecule has 1 aromatic carbocycles. The molecule has 1 aromatic heterocycles. The Morgan fingerprint density at radius 1 is 1.30 bits per heavy atom. The van der Waals surface area contributed by atoms with Gasteiger partial charge in [0, 0.05) is 17.8 Å². The van der Waals surface area contributed by atoms with E-state index < -0.39 is 5.82 Å². The van der Waals surface area contributed by atoms with Crippen LogP contribution < -0.4 is 4.74 Å². The molecular weight excluding hydrogens is 325 g/mol. The number of aromatic nitrogens is 1. The maximum Gasteiger partial charge on any atom is 0.219 e. The largest absolute Gasteiger partial charge is 0.439 e. The molecule has 0 atom stereocenters. The van der Waals surface area contributed by atoms with E-state index in [0.29, 0.717) is 16.1 Å². The molecule has 0 aliphatic carbocycles. The average molecular weight is 340 g/mol. The lowest BCUT2D eigenvalue weighted by Crippen LogP contribution is -1.99. The number of aliphatic hydroxyl groups excluding tert-OH is 1. The summed E-state index contributed by atoms with van der Waals surface area (Å²) in [5.74, 6) is 0.528. The first kappa shape index (κ1) is 14.9. The van der Waals surface area contributed by atoms with E-state index in [1.54, 1.807) is 18.2 Å². The number of pyridine rings is 1. The van der Waals surface area contributed by atoms with Gasteiger partial charge in [0.2, 0.25) is 5.88 Å². The van der Waals surface area contributed by atoms with Gasteiger partial charge in [0.15, 0.2) is 0 Å². The first-order valence-electron chi connectivity index (χ1n) is 6.24. The molecular formula is C15H15BrFNO2. The van der Waals surface area contributed by atoms with Crippen molar-refractivity contribution in [3.05, 3.63) is 51.9 Å². The fourth-order valence-corrected chi connectivity index (χ4v) is 1.93. The molecule has 2 rings (SSSR count). The first-order valence-corrected chi connectivity index (χ1v) is 7.03. The topological polar surface area (TPSA) is 42.4 Å². The summed E-state index contributed by atoms with van der Waals surface area (Å²) in [6, 6.07) is 7.98. The highest BCUT2D eigenvalue weighted by atomic mass is 79.9. The smallest absolute Gasteiger partial charge is 0.219 e. The fraction of sp³-hybridized carbons (Fsp3) is 0.267. The number of hydrogen-bond donors (Lipinski definition) is 1. The number of nitrogens with zero attached hydrogens (tertiary/aromatic N) is 1. The van der Waals surface area contributed by atoms with Crippen LogP contribution in [0.15, 0.2) is 34.8 Å². The molecule has 0 spiro atoms. The van der Waals surface area contributed by atoms with Gasteiger partial charge in [-0.15, -0.1) is 0 Å². The summed E-state index contributed by atoms with van der Waals surface area (Å²) in [6.45, 7) is 3.92. The highest BCUT2D eigenvalue weighted by molar-refractivity contribution is 9.10. The van der Waals surface area contributed by atoms with Gasteiger partial charge in [-0.2, -0.15) is 0 Å². The molecule has 0 saturated heterocycles. The van der Waals surface area contributed by atoms with Crippen molar-refractivity contribution in [2.45, 2.75) is 26.4 Å². The predicted molar refractivity (Wildman–Crippen MR) is 78.4 cm³/mol. The van der Waals surface area contributed by atoms with Gasteiger partial charge in [0.25, 0.3) is 0 Å². The third kappa shape index (κ3) is 3.55. The van der Waals surface area contributed by atoms with Crippen molar-refractivity contribution in [2.24, 2.45) is 0 Å². The molecule has 5 heteroatoms. The Kier molecular flexibility index (Phi) is 4.73. The molecule has 1 heterocycles. The number of hydrogen-bond acceptors (Lipinski definition) is 3. The van der Waals surface area contributed by atoms with Gasteiger partial charge in [-0.05, 0) is 45.6 Å². The van der Waals surface area contributed by atoms with Crippen LogP contribution in [0, 0.1) is 5.82 Å². The Bertz CT molecular complexity index is 617. The Hall–Kier alpha value is -1.46. The van der Waals surface area contributed by atoms with E-state index in [0.717, 1.165) is 11.3 Å². The van der Waals surface area contributed by atoms with Gasteiger partial charge in [-0.1, -0.05) is 13.8 Å². The van der Waals surface area contributed by atoms with Crippen LogP contribution in [0.5, 0.6) is 11.6 Å². The summed E-state index contributed by atoms with van der Waals surface area (Å²) in [7, 11) is 0. The first-order chi connectivity index (χ1) is 9.49. The van der Waals surface area contributed by atoms with Crippen molar-refractivity contribution in [1.29, 1.82) is 0 Å². The Labute approximate surface area is 125 Å². The van der Waals surface area contributed by atoms with Crippen LogP contribution in [-0.4, -0.2) is 10.1 Å². The highest BCUT2D eigenvalue weighted by Gasteiger charge is 2.09. The second kappa shape index (κ2) is 6.33. The molecule has 0 fully saturated rings. The summed E-state index contributed by atoms with van der Waals surface area (Å²) < 4.78 is 19.4. The number of aliphatic hydroxyl groups is 1. The Morgan fingerprint density at radius 3 is 2.65 bits per heavy atom. The quantitative estimate of drug-likeness (QED) is 0.898. The zero-order valence-electron chi connectivity index (χ0n) is 11.2. The highest BCUT2D eigenvalue weighted by Crippen LogP contribution is 2.26. The lowest BCUT2D eigenvalue weighted by Gasteiger charge is -2.11. The van der Waals surface area contributed by atoms with Gasteiger partial charge in [-0.3, -0.25) is 0 Å². The molecule has 0 aliphatic rings. The van der Waals surface area contributed by atoms with Crippen molar-refractivity contribution >= 4 is 15.9 Å². The van der Waals surface area contributed by atoms with Crippen LogP contribution >= 0.6 is 15.9 Å². The molecule has 106 valence electrons. The summed E-state index contributed by atoms with van der Waals surface area (Å²) >= 11 is 3.09. The van der Waals surface area contributed by atoms with E-state index in [-0.39, 0.29) is 12.5 Å². The van der Waals surface area contributed by atoms with E-state index in [1.807, 2.05) is 19.9 Å². The lowest BCUT2D eigenvalue weighted by molar-refractivity contribution is 0.280. The minimum absolute atomic E-state index is 0.0900. The molecule has 0 unspecified atom stereocenters. The molecule has 0 amide bonds. The average Bonchev–Trinajstić information content (AvgIpc) is 2.42. The summed E-state index contributed by atoms with van der Waals surface area (Å²) in [6.07, 6.45) is 0. The molecule has 20 heavy (non-hydrogen) atoms. The lowest BCUT2D eigenvalue weighted by atomic mass is 10.1. The van der Waals surface area contributed by atoms with Crippen LogP contribution in [-0.2, 0) is 6.61 Å². The van der Waals surface area contributed by atoms with Crippen LogP contribution in [0.25, 0.3) is 0 Å². The van der Waals surface area contributed by atoms with Gasteiger partial charge >= 0.3 is 0 Å². The zero-order valence-corrected chi connectivity index (χ0v) is 12.8. The third-order valence-corrected chi connectivity index (χ3v) is 3.41. The van der Waals surface area contributed by atoms with E-state index in [2.05, 4.69) is 20.9 Å². The molecule has 0 bridgehead atoms. The number of ether oxygens (including phenoxy) is 1. The molecule has 2 aromatic rings. The van der Waals surface area contributed by atoms with Gasteiger partial charge in [0.05, 0.1) is 11.1 Å². The van der Waals surface area contributed by atoms with Crippen molar-refractivity contribution in [3.8, 4) is 11.6 Å². The van der Waals surface area contributed by atoms with Crippen LogP contribution in [0.3, 0.4) is 0 Å². The summed E-state index contributed by atoms with van der Waals surface area (Å²) in [4.78, 5) is 4.36. The van der Waals surface area contributed by atoms with Crippen molar-refractivity contribution < 1.29 is 14.2 Å². The molecule has 1 N–H and O–H groups in total. The molecule has 0 aliphatic heterocycles. The molecule has 0 saturated carbocycles. The standard InChI is InChI=1S/C15H15BrFNO2/c1-9(2)14-5-10(8-19)6-15(18-14)20-11-3-4-12(16)13(17)7-11/h3-7,9,19H,8H2,1-2H3. The van der Waals surface area contributed by atoms with Crippen LogP contribution in [0.1, 0.15) is 31.0 Å². The third-order valence-electron chi connectivity index (χ3n) is 2.77. The molecule has 0 radical (unpaired) electrons. The number of benzene rings is 1. The maximum absolute atomic E-state index is 13.4. The monoisotopic (exact) mass is 339 g/mol. The SMILES string of the molecule is CC(C)c1cc(CO)cc(Oc2ccc(Br)c(F)c2)n1. The van der Waals surface area contributed by atoms with Crippen molar-refractivity contribution in [1.82, 2.24) is 4.98 Å². The predicted octanol–water partition coefficient (Wildman–Crippen LogP) is 4.39. The van der Waals surface area contributed by atoms with E-state index in [1.165, 1.54) is 6.07 Å². The van der Waals surface area contributed by atoms with E-state index >= 15 is 0 Å². The number of halogens is 2. The normalized spacial score (nSPS) is 10.9. The van der Waals surface area contributed by atoms with Crippen LogP contribution in [0.4, 0.5) is 4.39 Å². The Balaban J connectivity index is 2.32. The molecule has 3 nitrogen and oxygen atoms in total. The van der Waals surface area contributed by atoms with Crippen molar-refractivity contribution in [3.63, 3.8) is 0 Å². The van der Waals surface area contributed by atoms with E-state index in [9.17, 15) is 9.50 Å². The summed E-state index contributed by atoms with van der Waals surface area (Å²) in [5, 5.41) is 9.27. The second-order valence-electron chi connectivity index (χ2n) is 4.73.